The molecule has 120 valence electrons. The highest BCUT2D eigenvalue weighted by Gasteiger charge is 2.02. The Hall–Kier alpha value is -1.79. The van der Waals surface area contributed by atoms with Gasteiger partial charge in [0.05, 0.1) is 19.1 Å². The first kappa shape index (κ1) is 17.6. The van der Waals surface area contributed by atoms with Gasteiger partial charge in [0.15, 0.2) is 0 Å². The summed E-state index contributed by atoms with van der Waals surface area (Å²) >= 11 is 4.95. The molecule has 0 radical (unpaired) electrons. The molecule has 0 unspecified atom stereocenters. The quantitative estimate of drug-likeness (QED) is 0.575. The van der Waals surface area contributed by atoms with Crippen LogP contribution < -0.4 is 10.2 Å². The molecule has 0 heterocycles. The third-order valence-corrected chi connectivity index (χ3v) is 4.48. The topological polar surface area (TPSA) is 50.7 Å². The molecule has 0 aliphatic carbocycles. The zero-order chi connectivity index (χ0) is 16.5. The minimum absolute atomic E-state index is 0.127. The number of hydrogen-bond acceptors (Lipinski definition) is 4. The van der Waals surface area contributed by atoms with E-state index in [1.165, 1.54) is 5.56 Å². The predicted molar refractivity (Wildman–Crippen MR) is 99.0 cm³/mol. The molecule has 0 spiro atoms. The summed E-state index contributed by atoms with van der Waals surface area (Å²) < 4.78 is 6.26. The largest absolute Gasteiger partial charge is 0.496 e. The number of carbonyl (C=O) groups is 1. The Kier molecular flexibility index (Phi) is 7.16. The molecule has 0 aromatic heterocycles. The van der Waals surface area contributed by atoms with Crippen molar-refractivity contribution >= 4 is 39.8 Å². The molecule has 2 aromatic carbocycles. The minimum atomic E-state index is -0.127. The molecule has 0 saturated carbocycles. The zero-order valence-corrected chi connectivity index (χ0v) is 15.1. The lowest BCUT2D eigenvalue weighted by Crippen LogP contribution is -2.19. The second-order valence-corrected chi connectivity index (χ2v) is 6.56. The molecule has 0 aliphatic heterocycles. The average molecular weight is 393 g/mol. The van der Waals surface area contributed by atoms with Crippen LogP contribution in [0.15, 0.2) is 58.1 Å². The summed E-state index contributed by atoms with van der Waals surface area (Å²) in [5.74, 6) is 1.74. The van der Waals surface area contributed by atoms with Crippen LogP contribution >= 0.6 is 27.7 Å². The lowest BCUT2D eigenvalue weighted by molar-refractivity contribution is -0.118. The summed E-state index contributed by atoms with van der Waals surface area (Å²) in [6.07, 6.45) is 1.58. The third-order valence-electron chi connectivity index (χ3n) is 2.95. The molecule has 1 N–H and O–H groups in total. The van der Waals surface area contributed by atoms with Crippen LogP contribution in [0.4, 0.5) is 0 Å². The number of para-hydroxylation sites is 1. The predicted octanol–water partition coefficient (Wildman–Crippen LogP) is 3.84. The standard InChI is InChI=1S/C17H17BrN2O2S/c1-22-16-5-3-2-4-14(16)10-19-20-17(21)12-23-11-13-6-8-15(18)9-7-13/h2-10H,11-12H2,1H3,(H,20,21)/b19-10+. The first-order chi connectivity index (χ1) is 11.2. The first-order valence-corrected chi connectivity index (χ1v) is 8.91. The number of nitrogens with zero attached hydrogens (tertiary/aromatic N) is 1. The fraction of sp³-hybridized carbons (Fsp3) is 0.176. The Balaban J connectivity index is 1.74. The maximum Gasteiger partial charge on any atom is 0.250 e. The summed E-state index contributed by atoms with van der Waals surface area (Å²) in [6, 6.07) is 15.5. The van der Waals surface area contributed by atoms with Crippen molar-refractivity contribution in [3.8, 4) is 5.75 Å². The van der Waals surface area contributed by atoms with E-state index in [0.29, 0.717) is 5.75 Å². The van der Waals surface area contributed by atoms with Crippen LogP contribution in [0.3, 0.4) is 0 Å². The molecule has 0 fully saturated rings. The lowest BCUT2D eigenvalue weighted by atomic mass is 10.2. The number of methoxy groups -OCH3 is 1. The highest BCUT2D eigenvalue weighted by Crippen LogP contribution is 2.16. The number of amides is 1. The monoisotopic (exact) mass is 392 g/mol. The van der Waals surface area contributed by atoms with Gasteiger partial charge >= 0.3 is 0 Å². The number of nitrogens with one attached hydrogen (secondary N) is 1. The number of hydrazone groups is 1. The fourth-order valence-corrected chi connectivity index (χ4v) is 2.87. The van der Waals surface area contributed by atoms with Gasteiger partial charge in [-0.1, -0.05) is 40.2 Å². The van der Waals surface area contributed by atoms with Crippen molar-refractivity contribution in [3.05, 3.63) is 64.1 Å². The van der Waals surface area contributed by atoms with Crippen LogP contribution in [0, 0.1) is 0 Å². The van der Waals surface area contributed by atoms with Crippen molar-refractivity contribution in [1.82, 2.24) is 5.43 Å². The molecule has 0 saturated heterocycles. The molecule has 6 heteroatoms. The highest BCUT2D eigenvalue weighted by atomic mass is 79.9. The van der Waals surface area contributed by atoms with E-state index < -0.39 is 0 Å². The summed E-state index contributed by atoms with van der Waals surface area (Å²) in [5, 5.41) is 3.96. The Morgan fingerprint density at radius 3 is 2.74 bits per heavy atom. The van der Waals surface area contributed by atoms with Crippen molar-refractivity contribution in [2.75, 3.05) is 12.9 Å². The van der Waals surface area contributed by atoms with Gasteiger partial charge in [-0.2, -0.15) is 5.10 Å². The molecule has 0 bridgehead atoms. The van der Waals surface area contributed by atoms with E-state index in [4.69, 9.17) is 4.74 Å². The van der Waals surface area contributed by atoms with Crippen molar-refractivity contribution in [2.45, 2.75) is 5.75 Å². The van der Waals surface area contributed by atoms with Crippen LogP contribution in [0.2, 0.25) is 0 Å². The summed E-state index contributed by atoms with van der Waals surface area (Å²) in [7, 11) is 1.60. The van der Waals surface area contributed by atoms with E-state index in [0.717, 1.165) is 21.5 Å². The van der Waals surface area contributed by atoms with Gasteiger partial charge in [-0.05, 0) is 29.8 Å². The van der Waals surface area contributed by atoms with Gasteiger partial charge in [0, 0.05) is 15.8 Å². The second-order valence-electron chi connectivity index (χ2n) is 4.65. The van der Waals surface area contributed by atoms with E-state index in [1.807, 2.05) is 48.5 Å². The van der Waals surface area contributed by atoms with Gasteiger partial charge in [0.2, 0.25) is 5.91 Å². The van der Waals surface area contributed by atoms with Gasteiger partial charge in [-0.15, -0.1) is 11.8 Å². The van der Waals surface area contributed by atoms with Crippen molar-refractivity contribution in [3.63, 3.8) is 0 Å². The molecule has 0 aliphatic rings. The van der Waals surface area contributed by atoms with E-state index in [-0.39, 0.29) is 5.91 Å². The molecular formula is C17H17BrN2O2S. The molecule has 2 aromatic rings. The van der Waals surface area contributed by atoms with Crippen molar-refractivity contribution < 1.29 is 9.53 Å². The Morgan fingerprint density at radius 1 is 1.26 bits per heavy atom. The molecule has 4 nitrogen and oxygen atoms in total. The number of thioether (sulfide) groups is 1. The maximum atomic E-state index is 11.7. The Bertz CT molecular complexity index is 675. The van der Waals surface area contributed by atoms with Crippen LogP contribution in [-0.4, -0.2) is 25.0 Å². The fourth-order valence-electron chi connectivity index (χ4n) is 1.82. The number of ether oxygens (including phenoxy) is 1. The van der Waals surface area contributed by atoms with Gasteiger partial charge in [0.1, 0.15) is 5.75 Å². The summed E-state index contributed by atoms with van der Waals surface area (Å²) in [6.45, 7) is 0. The zero-order valence-electron chi connectivity index (χ0n) is 12.7. The van der Waals surface area contributed by atoms with Crippen LogP contribution in [-0.2, 0) is 10.5 Å². The molecule has 1 amide bonds. The van der Waals surface area contributed by atoms with E-state index in [9.17, 15) is 4.79 Å². The highest BCUT2D eigenvalue weighted by molar-refractivity contribution is 9.10. The van der Waals surface area contributed by atoms with Gasteiger partial charge in [-0.3, -0.25) is 4.79 Å². The van der Waals surface area contributed by atoms with Gasteiger partial charge in [0.25, 0.3) is 0 Å². The smallest absolute Gasteiger partial charge is 0.250 e. The summed E-state index contributed by atoms with van der Waals surface area (Å²) in [4.78, 5) is 11.7. The molecule has 2 rings (SSSR count). The number of halogens is 1. The first-order valence-electron chi connectivity index (χ1n) is 6.96. The number of rotatable bonds is 7. The van der Waals surface area contributed by atoms with Crippen LogP contribution in [0.25, 0.3) is 0 Å². The SMILES string of the molecule is COc1ccccc1/C=N/NC(=O)CSCc1ccc(Br)cc1. The molecular weight excluding hydrogens is 376 g/mol. The van der Waals surface area contributed by atoms with Gasteiger partial charge < -0.3 is 4.74 Å². The second kappa shape index (κ2) is 9.37. The minimum Gasteiger partial charge on any atom is -0.496 e. The van der Waals surface area contributed by atoms with Gasteiger partial charge in [-0.25, -0.2) is 5.43 Å². The number of carbonyl (C=O) groups excluding carboxylic acids is 1. The maximum absolute atomic E-state index is 11.7. The van der Waals surface area contributed by atoms with Crippen LogP contribution in [0.1, 0.15) is 11.1 Å². The van der Waals surface area contributed by atoms with E-state index in [1.54, 1.807) is 25.1 Å². The number of benzene rings is 2. The number of hydrogen-bond donors (Lipinski definition) is 1. The Labute approximate surface area is 148 Å². The lowest BCUT2D eigenvalue weighted by Gasteiger charge is -2.03. The van der Waals surface area contributed by atoms with Crippen molar-refractivity contribution in [2.24, 2.45) is 5.10 Å². The molecule has 23 heavy (non-hydrogen) atoms. The Morgan fingerprint density at radius 2 is 2.00 bits per heavy atom. The third kappa shape index (κ3) is 6.08. The normalized spacial score (nSPS) is 10.7. The summed E-state index contributed by atoms with van der Waals surface area (Å²) in [5.41, 5.74) is 4.53. The van der Waals surface area contributed by atoms with Crippen molar-refractivity contribution in [1.29, 1.82) is 0 Å². The molecule has 0 atom stereocenters. The average Bonchev–Trinajstić information content (AvgIpc) is 2.57. The van der Waals surface area contributed by atoms with E-state index in [2.05, 4.69) is 26.5 Å². The van der Waals surface area contributed by atoms with E-state index >= 15 is 0 Å². The van der Waals surface area contributed by atoms with Crippen LogP contribution in [0.5, 0.6) is 5.75 Å².